The summed E-state index contributed by atoms with van der Waals surface area (Å²) in [6.45, 7) is 1.88. The average molecular weight is 427 g/mol. The zero-order valence-electron chi connectivity index (χ0n) is 15.6. The Hall–Kier alpha value is -2.90. The number of amidine groups is 1. The van der Waals surface area contributed by atoms with E-state index < -0.39 is 5.25 Å². The molecule has 3 rings (SSSR count). The van der Waals surface area contributed by atoms with Crippen LogP contribution in [0, 0.1) is 6.92 Å². The standard InChI is InChI=1S/C21H19ClN4O2S/c1-14-9-10-16(12-17(14)22)24-19(27)13-18-20(28)25-21(29-18)26-23-11-5-8-15-6-3-2-4-7-15/h2-12,18H,13H2,1H3,(H,24,27)(H,25,26,28)/b8-5+,23-11+. The monoisotopic (exact) mass is 426 g/mol. The number of carbonyl (C=O) groups excluding carboxylic acids is 2. The number of hydrogen-bond acceptors (Lipinski definition) is 5. The molecule has 148 valence electrons. The van der Waals surface area contributed by atoms with Gasteiger partial charge in [-0.2, -0.15) is 5.10 Å². The second kappa shape index (κ2) is 10.0. The molecule has 1 saturated heterocycles. The second-order valence-corrected chi connectivity index (χ2v) is 7.85. The maximum absolute atomic E-state index is 12.2. The number of benzene rings is 2. The van der Waals surface area contributed by atoms with E-state index >= 15 is 0 Å². The predicted molar refractivity (Wildman–Crippen MR) is 120 cm³/mol. The van der Waals surface area contributed by atoms with E-state index in [1.807, 2.05) is 49.4 Å². The van der Waals surface area contributed by atoms with Crippen molar-refractivity contribution in [2.45, 2.75) is 18.6 Å². The molecule has 2 N–H and O–H groups in total. The highest BCUT2D eigenvalue weighted by Crippen LogP contribution is 2.24. The first-order chi connectivity index (χ1) is 14.0. The van der Waals surface area contributed by atoms with Crippen LogP contribution in [0.1, 0.15) is 17.5 Å². The highest BCUT2D eigenvalue weighted by Gasteiger charge is 2.32. The van der Waals surface area contributed by atoms with Gasteiger partial charge in [-0.3, -0.25) is 9.59 Å². The fourth-order valence-electron chi connectivity index (χ4n) is 2.48. The van der Waals surface area contributed by atoms with Gasteiger partial charge < -0.3 is 10.6 Å². The molecule has 1 aliphatic rings. The van der Waals surface area contributed by atoms with E-state index in [1.54, 1.807) is 18.2 Å². The summed E-state index contributed by atoms with van der Waals surface area (Å²) >= 11 is 7.24. The molecule has 29 heavy (non-hydrogen) atoms. The van der Waals surface area contributed by atoms with Crippen LogP contribution in [0.3, 0.4) is 0 Å². The van der Waals surface area contributed by atoms with Crippen LogP contribution in [-0.4, -0.2) is 28.4 Å². The van der Waals surface area contributed by atoms with Crippen molar-refractivity contribution in [1.82, 2.24) is 5.32 Å². The number of carbonyl (C=O) groups is 2. The maximum atomic E-state index is 12.2. The number of nitrogens with one attached hydrogen (secondary N) is 2. The zero-order chi connectivity index (χ0) is 20.6. The van der Waals surface area contributed by atoms with Gasteiger partial charge in [-0.1, -0.05) is 65.8 Å². The van der Waals surface area contributed by atoms with Gasteiger partial charge in [0.2, 0.25) is 11.8 Å². The molecular formula is C21H19ClN4O2S. The maximum Gasteiger partial charge on any atom is 0.240 e. The van der Waals surface area contributed by atoms with E-state index in [0.29, 0.717) is 15.9 Å². The van der Waals surface area contributed by atoms with Crippen molar-refractivity contribution in [1.29, 1.82) is 0 Å². The number of thioether (sulfide) groups is 1. The van der Waals surface area contributed by atoms with Crippen molar-refractivity contribution in [3.63, 3.8) is 0 Å². The van der Waals surface area contributed by atoms with Gasteiger partial charge in [-0.25, -0.2) is 0 Å². The summed E-state index contributed by atoms with van der Waals surface area (Å²) in [5.41, 5.74) is 2.57. The van der Waals surface area contributed by atoms with Crippen LogP contribution in [0.15, 0.2) is 64.8 Å². The number of nitrogens with zero attached hydrogens (tertiary/aromatic N) is 2. The number of hydrogen-bond donors (Lipinski definition) is 2. The van der Waals surface area contributed by atoms with E-state index in [9.17, 15) is 9.59 Å². The number of aryl methyl sites for hydroxylation is 1. The first-order valence-corrected chi connectivity index (χ1v) is 10.1. The Balaban J connectivity index is 1.50. The normalized spacial score (nSPS) is 17.9. The smallest absolute Gasteiger partial charge is 0.240 e. The zero-order valence-corrected chi connectivity index (χ0v) is 17.2. The van der Waals surface area contributed by atoms with E-state index in [0.717, 1.165) is 11.1 Å². The number of anilines is 1. The molecule has 1 aliphatic heterocycles. The minimum absolute atomic E-state index is 0.0264. The highest BCUT2D eigenvalue weighted by atomic mass is 35.5. The average Bonchev–Trinajstić information content (AvgIpc) is 3.04. The van der Waals surface area contributed by atoms with Crippen molar-refractivity contribution in [2.75, 3.05) is 5.32 Å². The second-order valence-electron chi connectivity index (χ2n) is 6.25. The van der Waals surface area contributed by atoms with Gasteiger partial charge in [-0.05, 0) is 36.3 Å². The van der Waals surface area contributed by atoms with Crippen molar-refractivity contribution in [3.8, 4) is 0 Å². The molecule has 6 nitrogen and oxygen atoms in total. The van der Waals surface area contributed by atoms with Crippen molar-refractivity contribution in [2.24, 2.45) is 10.2 Å². The Labute approximate surface area is 178 Å². The molecule has 2 aromatic carbocycles. The van der Waals surface area contributed by atoms with Gasteiger partial charge in [0, 0.05) is 23.3 Å². The third-order valence-corrected chi connectivity index (χ3v) is 5.47. The molecule has 0 bridgehead atoms. The molecule has 1 unspecified atom stereocenters. The van der Waals surface area contributed by atoms with Crippen molar-refractivity contribution in [3.05, 3.63) is 70.8 Å². The molecule has 0 aliphatic carbocycles. The number of rotatable bonds is 6. The van der Waals surface area contributed by atoms with Gasteiger partial charge in [0.25, 0.3) is 0 Å². The first kappa shape index (κ1) is 20.8. The third kappa shape index (κ3) is 6.30. The Morgan fingerprint density at radius 1 is 1.28 bits per heavy atom. The molecule has 8 heteroatoms. The van der Waals surface area contributed by atoms with Crippen LogP contribution in [0.2, 0.25) is 5.02 Å². The Kier molecular flexibility index (Phi) is 7.21. The van der Waals surface area contributed by atoms with Crippen LogP contribution in [-0.2, 0) is 9.59 Å². The number of amides is 2. The van der Waals surface area contributed by atoms with E-state index in [2.05, 4.69) is 20.8 Å². The summed E-state index contributed by atoms with van der Waals surface area (Å²) < 4.78 is 0. The van der Waals surface area contributed by atoms with Gasteiger partial charge in [0.05, 0.1) is 0 Å². The molecule has 1 fully saturated rings. The molecule has 0 radical (unpaired) electrons. The lowest BCUT2D eigenvalue weighted by Gasteiger charge is -2.08. The summed E-state index contributed by atoms with van der Waals surface area (Å²) in [5, 5.41) is 13.7. The SMILES string of the molecule is Cc1ccc(NC(=O)CC2S\C(=N/N=C/C=C/c3ccccc3)NC2=O)cc1Cl. The topological polar surface area (TPSA) is 82.9 Å². The summed E-state index contributed by atoms with van der Waals surface area (Å²) in [7, 11) is 0. The fraction of sp³-hybridized carbons (Fsp3) is 0.143. The number of halogens is 1. The predicted octanol–water partition coefficient (Wildman–Crippen LogP) is 4.26. The van der Waals surface area contributed by atoms with Gasteiger partial charge in [-0.15, -0.1) is 5.10 Å². The summed E-state index contributed by atoms with van der Waals surface area (Å²) in [6, 6.07) is 15.1. The molecule has 0 spiro atoms. The lowest BCUT2D eigenvalue weighted by molar-refractivity contribution is -0.122. The molecule has 0 saturated carbocycles. The summed E-state index contributed by atoms with van der Waals surface area (Å²) in [5.74, 6) is -0.533. The third-order valence-electron chi connectivity index (χ3n) is 3.99. The molecule has 2 aromatic rings. The quantitative estimate of drug-likeness (QED) is 0.534. The van der Waals surface area contributed by atoms with Gasteiger partial charge in [0.15, 0.2) is 5.17 Å². The Morgan fingerprint density at radius 2 is 2.07 bits per heavy atom. The molecule has 1 heterocycles. The van der Waals surface area contributed by atoms with Crippen LogP contribution >= 0.6 is 23.4 Å². The lowest BCUT2D eigenvalue weighted by atomic mass is 10.2. The molecule has 2 amide bonds. The van der Waals surface area contributed by atoms with E-state index in [1.165, 1.54) is 18.0 Å². The first-order valence-electron chi connectivity index (χ1n) is 8.87. The van der Waals surface area contributed by atoms with E-state index in [4.69, 9.17) is 11.6 Å². The Morgan fingerprint density at radius 3 is 2.83 bits per heavy atom. The highest BCUT2D eigenvalue weighted by molar-refractivity contribution is 8.15. The molecule has 0 aromatic heterocycles. The fourth-order valence-corrected chi connectivity index (χ4v) is 3.58. The van der Waals surface area contributed by atoms with Crippen LogP contribution in [0.25, 0.3) is 6.08 Å². The minimum Gasteiger partial charge on any atom is -0.326 e. The summed E-state index contributed by atoms with van der Waals surface area (Å²) in [4.78, 5) is 24.3. The largest absolute Gasteiger partial charge is 0.326 e. The lowest BCUT2D eigenvalue weighted by Crippen LogP contribution is -2.28. The van der Waals surface area contributed by atoms with Gasteiger partial charge in [0.1, 0.15) is 5.25 Å². The van der Waals surface area contributed by atoms with Gasteiger partial charge >= 0.3 is 0 Å². The Bertz CT molecular complexity index is 989. The summed E-state index contributed by atoms with van der Waals surface area (Å²) in [6.07, 6.45) is 5.22. The van der Waals surface area contributed by atoms with Crippen LogP contribution < -0.4 is 10.6 Å². The molecule has 1 atom stereocenters. The van der Waals surface area contributed by atoms with E-state index in [-0.39, 0.29) is 18.2 Å². The van der Waals surface area contributed by atoms with Crippen LogP contribution in [0.5, 0.6) is 0 Å². The van der Waals surface area contributed by atoms with Crippen molar-refractivity contribution >= 4 is 58.3 Å². The number of allylic oxidation sites excluding steroid dienone is 1. The van der Waals surface area contributed by atoms with Crippen molar-refractivity contribution < 1.29 is 9.59 Å². The minimum atomic E-state index is -0.551. The van der Waals surface area contributed by atoms with Crippen LogP contribution in [0.4, 0.5) is 5.69 Å². The molecular weight excluding hydrogens is 408 g/mol.